The molecule has 1 unspecified atom stereocenters. The van der Waals surface area contributed by atoms with Crippen LogP contribution in [0, 0.1) is 5.41 Å². The molecule has 0 aliphatic carbocycles. The van der Waals surface area contributed by atoms with Crippen LogP contribution in [0.2, 0.25) is 5.02 Å². The van der Waals surface area contributed by atoms with Crippen LogP contribution in [-0.2, 0) is 0 Å². The number of halogens is 1. The van der Waals surface area contributed by atoms with Crippen molar-refractivity contribution in [3.05, 3.63) is 35.1 Å². The van der Waals surface area contributed by atoms with Gasteiger partial charge in [-0.1, -0.05) is 18.5 Å². The van der Waals surface area contributed by atoms with Crippen molar-refractivity contribution in [2.75, 3.05) is 19.6 Å². The second kappa shape index (κ2) is 5.66. The number of carbonyl (C=O) groups is 1. The van der Waals surface area contributed by atoms with Crippen LogP contribution in [0.25, 0.3) is 5.69 Å². The molecule has 2 heterocycles. The van der Waals surface area contributed by atoms with E-state index in [1.807, 2.05) is 4.90 Å². The van der Waals surface area contributed by atoms with E-state index < -0.39 is 0 Å². The summed E-state index contributed by atoms with van der Waals surface area (Å²) in [7, 11) is 0. The Hall–Kier alpha value is -1.99. The van der Waals surface area contributed by atoms with Crippen LogP contribution in [0.15, 0.2) is 24.5 Å². The van der Waals surface area contributed by atoms with Gasteiger partial charge in [-0.15, -0.1) is 5.10 Å². The van der Waals surface area contributed by atoms with E-state index in [2.05, 4.69) is 22.4 Å². The zero-order chi connectivity index (χ0) is 15.7. The highest BCUT2D eigenvalue weighted by Gasteiger charge is 2.35. The maximum Gasteiger partial charge on any atom is 0.255 e. The number of likely N-dealkylation sites (tertiary alicyclic amines) is 1. The van der Waals surface area contributed by atoms with E-state index in [1.165, 1.54) is 11.0 Å². The van der Waals surface area contributed by atoms with E-state index in [0.717, 1.165) is 6.42 Å². The number of aromatic nitrogens is 4. The molecule has 22 heavy (non-hydrogen) atoms. The first-order valence-electron chi connectivity index (χ1n) is 7.05. The molecule has 2 aromatic rings. The molecule has 7 nitrogen and oxygen atoms in total. The van der Waals surface area contributed by atoms with Gasteiger partial charge < -0.3 is 10.6 Å². The summed E-state index contributed by atoms with van der Waals surface area (Å²) in [6, 6.07) is 5.16. The van der Waals surface area contributed by atoms with Gasteiger partial charge >= 0.3 is 0 Å². The Balaban J connectivity index is 1.82. The van der Waals surface area contributed by atoms with Gasteiger partial charge in [-0.25, -0.2) is 4.68 Å². The van der Waals surface area contributed by atoms with Gasteiger partial charge in [0.15, 0.2) is 0 Å². The molecule has 1 saturated heterocycles. The van der Waals surface area contributed by atoms with E-state index in [1.54, 1.807) is 18.2 Å². The second-order valence-electron chi connectivity index (χ2n) is 5.91. The van der Waals surface area contributed by atoms with Crippen LogP contribution < -0.4 is 5.73 Å². The molecule has 0 spiro atoms. The molecule has 1 atom stereocenters. The number of benzene rings is 1. The monoisotopic (exact) mass is 320 g/mol. The minimum absolute atomic E-state index is 0.00548. The first-order chi connectivity index (χ1) is 10.5. The molecular formula is C14H17ClN6O. The van der Waals surface area contributed by atoms with Crippen LogP contribution in [0.5, 0.6) is 0 Å². The van der Waals surface area contributed by atoms with E-state index in [4.69, 9.17) is 17.3 Å². The minimum Gasteiger partial charge on any atom is -0.338 e. The Morgan fingerprint density at radius 2 is 2.32 bits per heavy atom. The summed E-state index contributed by atoms with van der Waals surface area (Å²) in [5.41, 5.74) is 6.98. The van der Waals surface area contributed by atoms with Crippen LogP contribution in [0.4, 0.5) is 0 Å². The van der Waals surface area contributed by atoms with E-state index in [9.17, 15) is 4.79 Å². The number of carbonyl (C=O) groups excluding carboxylic acids is 1. The van der Waals surface area contributed by atoms with Crippen molar-refractivity contribution in [2.45, 2.75) is 13.3 Å². The van der Waals surface area contributed by atoms with Crippen LogP contribution in [0.3, 0.4) is 0 Å². The number of hydrogen-bond acceptors (Lipinski definition) is 5. The molecule has 1 aliphatic heterocycles. The zero-order valence-corrected chi connectivity index (χ0v) is 13.0. The van der Waals surface area contributed by atoms with Gasteiger partial charge in [-0.2, -0.15) is 0 Å². The van der Waals surface area contributed by atoms with Gasteiger partial charge in [-0.3, -0.25) is 4.79 Å². The third-order valence-electron chi connectivity index (χ3n) is 4.13. The molecule has 2 N–H and O–H groups in total. The van der Waals surface area contributed by atoms with E-state index in [-0.39, 0.29) is 11.3 Å². The van der Waals surface area contributed by atoms with Gasteiger partial charge in [0.05, 0.1) is 16.3 Å². The summed E-state index contributed by atoms with van der Waals surface area (Å²) < 4.78 is 1.49. The summed E-state index contributed by atoms with van der Waals surface area (Å²) >= 11 is 6.27. The first-order valence-corrected chi connectivity index (χ1v) is 7.42. The van der Waals surface area contributed by atoms with Crippen molar-refractivity contribution in [3.8, 4) is 5.69 Å². The summed E-state index contributed by atoms with van der Waals surface area (Å²) in [4.78, 5) is 14.4. The van der Waals surface area contributed by atoms with Crippen LogP contribution in [-0.4, -0.2) is 50.6 Å². The van der Waals surface area contributed by atoms with Gasteiger partial charge in [0.25, 0.3) is 5.91 Å². The minimum atomic E-state index is -0.0644. The number of nitrogens with two attached hydrogens (primary N) is 1. The Morgan fingerprint density at radius 1 is 1.50 bits per heavy atom. The first kappa shape index (κ1) is 14.9. The van der Waals surface area contributed by atoms with E-state index >= 15 is 0 Å². The van der Waals surface area contributed by atoms with Crippen molar-refractivity contribution in [1.29, 1.82) is 0 Å². The van der Waals surface area contributed by atoms with Crippen molar-refractivity contribution < 1.29 is 4.79 Å². The molecule has 1 aliphatic rings. The van der Waals surface area contributed by atoms with E-state index in [0.29, 0.717) is 35.9 Å². The highest BCUT2D eigenvalue weighted by molar-refractivity contribution is 6.34. The van der Waals surface area contributed by atoms with Crippen molar-refractivity contribution in [1.82, 2.24) is 25.1 Å². The molecule has 116 valence electrons. The molecule has 1 amide bonds. The van der Waals surface area contributed by atoms with Gasteiger partial charge in [0.1, 0.15) is 6.33 Å². The van der Waals surface area contributed by atoms with Gasteiger partial charge in [0.2, 0.25) is 0 Å². The van der Waals surface area contributed by atoms with Gasteiger partial charge in [0, 0.05) is 13.1 Å². The SMILES string of the molecule is CC1(CN)CCN(C(=O)c2ccc(-n3cnnn3)cc2Cl)C1. The molecule has 1 aromatic heterocycles. The molecule has 1 aromatic carbocycles. The van der Waals surface area contributed by atoms with Crippen LogP contribution in [0.1, 0.15) is 23.7 Å². The normalized spacial score (nSPS) is 21.3. The maximum absolute atomic E-state index is 12.6. The third kappa shape index (κ3) is 2.69. The average Bonchev–Trinajstić information content (AvgIpc) is 3.17. The fourth-order valence-electron chi connectivity index (χ4n) is 2.63. The summed E-state index contributed by atoms with van der Waals surface area (Å²) in [6.07, 6.45) is 2.38. The molecular weight excluding hydrogens is 304 g/mol. The zero-order valence-electron chi connectivity index (χ0n) is 12.2. The lowest BCUT2D eigenvalue weighted by Crippen LogP contribution is -2.34. The quantitative estimate of drug-likeness (QED) is 0.915. The van der Waals surface area contributed by atoms with Crippen molar-refractivity contribution in [3.63, 3.8) is 0 Å². The molecule has 1 fully saturated rings. The predicted molar refractivity (Wildman–Crippen MR) is 81.8 cm³/mol. The fraction of sp³-hybridized carbons (Fsp3) is 0.429. The number of nitrogens with zero attached hydrogens (tertiary/aromatic N) is 5. The maximum atomic E-state index is 12.6. The number of amides is 1. The molecule has 0 bridgehead atoms. The summed E-state index contributed by atoms with van der Waals surface area (Å²) in [5, 5.41) is 11.3. The Kier molecular flexibility index (Phi) is 3.84. The van der Waals surface area contributed by atoms with Crippen LogP contribution >= 0.6 is 11.6 Å². The van der Waals surface area contributed by atoms with Gasteiger partial charge in [-0.05, 0) is 47.0 Å². The summed E-state index contributed by atoms with van der Waals surface area (Å²) in [6.45, 7) is 4.04. The second-order valence-corrected chi connectivity index (χ2v) is 6.32. The molecule has 3 rings (SSSR count). The highest BCUT2D eigenvalue weighted by atomic mass is 35.5. The smallest absolute Gasteiger partial charge is 0.255 e. The molecule has 0 radical (unpaired) electrons. The Morgan fingerprint density at radius 3 is 2.91 bits per heavy atom. The lowest BCUT2D eigenvalue weighted by Gasteiger charge is -2.23. The largest absolute Gasteiger partial charge is 0.338 e. The summed E-state index contributed by atoms with van der Waals surface area (Å²) in [5.74, 6) is -0.0644. The molecule has 8 heteroatoms. The third-order valence-corrected chi connectivity index (χ3v) is 4.45. The Bertz CT molecular complexity index is 689. The lowest BCUT2D eigenvalue weighted by molar-refractivity contribution is 0.0777. The predicted octanol–water partition coefficient (Wildman–Crippen LogP) is 1.13. The lowest BCUT2D eigenvalue weighted by atomic mass is 9.90. The van der Waals surface area contributed by atoms with Crippen molar-refractivity contribution in [2.24, 2.45) is 11.1 Å². The number of rotatable bonds is 3. The number of tetrazole rings is 1. The van der Waals surface area contributed by atoms with Crippen molar-refractivity contribution >= 4 is 17.5 Å². The topological polar surface area (TPSA) is 89.9 Å². The highest BCUT2D eigenvalue weighted by Crippen LogP contribution is 2.31. The fourth-order valence-corrected chi connectivity index (χ4v) is 2.89. The Labute approximate surface area is 133 Å². The number of hydrogen-bond donors (Lipinski definition) is 1. The average molecular weight is 321 g/mol. The molecule has 0 saturated carbocycles. The standard InChI is InChI=1S/C14H17ClN6O/c1-14(7-16)4-5-20(8-14)13(22)11-3-2-10(6-12(11)15)21-9-17-18-19-21/h2-3,6,9H,4-5,7-8,16H2,1H3.